The molecule has 0 atom stereocenters. The minimum Gasteiger partial charge on any atom is -0.317 e. The van der Waals surface area contributed by atoms with E-state index < -0.39 is 0 Å². The monoisotopic (exact) mass is 268 g/mol. The van der Waals surface area contributed by atoms with Crippen LogP contribution in [0, 0.1) is 23.7 Å². The molecule has 2 heterocycles. The number of hydrogen-bond acceptors (Lipinski definition) is 2. The predicted molar refractivity (Wildman–Crippen MR) is 85.5 cm³/mol. The maximum absolute atomic E-state index is 3.37. The highest BCUT2D eigenvalue weighted by molar-refractivity contribution is 4.72. The van der Waals surface area contributed by atoms with Crippen LogP contribution in [0.5, 0.6) is 0 Å². The molecule has 2 aliphatic heterocycles. The Morgan fingerprint density at radius 3 is 1.58 bits per heavy atom. The summed E-state index contributed by atoms with van der Waals surface area (Å²) < 4.78 is 0. The molecule has 2 rings (SSSR count). The van der Waals surface area contributed by atoms with Gasteiger partial charge in [-0.25, -0.2) is 0 Å². The van der Waals surface area contributed by atoms with Gasteiger partial charge in [0.25, 0.3) is 0 Å². The number of piperidine rings is 2. The number of nitrogens with one attached hydrogen (secondary N) is 1. The summed E-state index contributed by atoms with van der Waals surface area (Å²) in [6.45, 7) is 14.4. The molecule has 114 valence electrons. The molecule has 0 aromatic rings. The van der Waals surface area contributed by atoms with Crippen LogP contribution in [0.15, 0.2) is 0 Å². The molecular formula is C17H36N2. The Hall–Kier alpha value is -0.0800. The molecule has 1 N–H and O–H groups in total. The van der Waals surface area contributed by atoms with Crippen LogP contribution in [0.3, 0.4) is 0 Å². The van der Waals surface area contributed by atoms with E-state index in [-0.39, 0.29) is 0 Å². The Kier molecular flexibility index (Phi) is 8.01. The summed E-state index contributed by atoms with van der Waals surface area (Å²) in [6.07, 6.45) is 5.59. The first kappa shape index (κ1) is 17.0. The second kappa shape index (κ2) is 8.97. The summed E-state index contributed by atoms with van der Waals surface area (Å²) in [5.41, 5.74) is 0. The first-order chi connectivity index (χ1) is 9.00. The highest BCUT2D eigenvalue weighted by Crippen LogP contribution is 2.23. The Morgan fingerprint density at radius 2 is 1.21 bits per heavy atom. The van der Waals surface area contributed by atoms with Crippen molar-refractivity contribution in [1.29, 1.82) is 0 Å². The van der Waals surface area contributed by atoms with Crippen LogP contribution in [0.25, 0.3) is 0 Å². The molecule has 0 spiro atoms. The lowest BCUT2D eigenvalue weighted by Gasteiger charge is -2.31. The van der Waals surface area contributed by atoms with Crippen LogP contribution in [-0.4, -0.2) is 38.1 Å². The van der Waals surface area contributed by atoms with Crippen LogP contribution < -0.4 is 5.32 Å². The third-order valence-electron chi connectivity index (χ3n) is 5.03. The third kappa shape index (κ3) is 6.76. The van der Waals surface area contributed by atoms with Gasteiger partial charge in [-0.05, 0) is 82.6 Å². The molecule has 0 unspecified atom stereocenters. The van der Waals surface area contributed by atoms with E-state index in [0.717, 1.165) is 23.7 Å². The lowest BCUT2D eigenvalue weighted by atomic mass is 9.87. The van der Waals surface area contributed by atoms with Gasteiger partial charge in [-0.2, -0.15) is 0 Å². The van der Waals surface area contributed by atoms with E-state index in [4.69, 9.17) is 0 Å². The van der Waals surface area contributed by atoms with Crippen LogP contribution >= 0.6 is 0 Å². The van der Waals surface area contributed by atoms with Crippen molar-refractivity contribution in [2.75, 3.05) is 33.2 Å². The Labute approximate surface area is 121 Å². The number of likely N-dealkylation sites (tertiary alicyclic amines) is 1. The molecule has 2 aliphatic rings. The van der Waals surface area contributed by atoms with Crippen LogP contribution in [0.2, 0.25) is 0 Å². The topological polar surface area (TPSA) is 15.3 Å². The zero-order valence-electron chi connectivity index (χ0n) is 13.9. The highest BCUT2D eigenvalue weighted by atomic mass is 15.1. The molecule has 2 saturated heterocycles. The molecule has 2 heteroatoms. The van der Waals surface area contributed by atoms with Gasteiger partial charge in [-0.1, -0.05) is 27.7 Å². The summed E-state index contributed by atoms with van der Waals surface area (Å²) in [5.74, 6) is 3.78. The fourth-order valence-electron chi connectivity index (χ4n) is 3.21. The van der Waals surface area contributed by atoms with E-state index in [1.165, 1.54) is 51.9 Å². The van der Waals surface area contributed by atoms with E-state index in [1.54, 1.807) is 0 Å². The molecule has 2 fully saturated rings. The van der Waals surface area contributed by atoms with Gasteiger partial charge < -0.3 is 10.2 Å². The Bertz CT molecular complexity index is 211. The molecule has 0 radical (unpaired) electrons. The van der Waals surface area contributed by atoms with Crippen LogP contribution in [0.1, 0.15) is 53.4 Å². The van der Waals surface area contributed by atoms with Crippen molar-refractivity contribution in [3.63, 3.8) is 0 Å². The van der Waals surface area contributed by atoms with Crippen molar-refractivity contribution in [2.24, 2.45) is 23.7 Å². The molecule has 0 saturated carbocycles. The SMILES string of the molecule is CC(C)C1CCN(C)CC1.CC(C)C1CCNCC1. The molecule has 0 aromatic heterocycles. The van der Waals surface area contributed by atoms with Gasteiger partial charge in [-0.3, -0.25) is 0 Å². The van der Waals surface area contributed by atoms with Gasteiger partial charge >= 0.3 is 0 Å². The van der Waals surface area contributed by atoms with E-state index in [2.05, 4.69) is 45.0 Å². The van der Waals surface area contributed by atoms with Crippen LogP contribution in [0.4, 0.5) is 0 Å². The number of nitrogens with zero attached hydrogens (tertiary/aromatic N) is 1. The second-order valence-corrected chi connectivity index (χ2v) is 7.22. The number of hydrogen-bond donors (Lipinski definition) is 1. The van der Waals surface area contributed by atoms with Gasteiger partial charge in [-0.15, -0.1) is 0 Å². The highest BCUT2D eigenvalue weighted by Gasteiger charge is 2.18. The summed E-state index contributed by atoms with van der Waals surface area (Å²) in [7, 11) is 2.22. The van der Waals surface area contributed by atoms with Crippen molar-refractivity contribution in [2.45, 2.75) is 53.4 Å². The molecule has 0 aliphatic carbocycles. The van der Waals surface area contributed by atoms with E-state index in [0.29, 0.717) is 0 Å². The van der Waals surface area contributed by atoms with Crippen molar-refractivity contribution in [3.8, 4) is 0 Å². The van der Waals surface area contributed by atoms with E-state index in [1.807, 2.05) is 0 Å². The average Bonchev–Trinajstić information content (AvgIpc) is 2.41. The Balaban J connectivity index is 0.000000191. The van der Waals surface area contributed by atoms with Gasteiger partial charge in [0.05, 0.1) is 0 Å². The largest absolute Gasteiger partial charge is 0.317 e. The van der Waals surface area contributed by atoms with Crippen molar-refractivity contribution < 1.29 is 0 Å². The van der Waals surface area contributed by atoms with Crippen LogP contribution in [-0.2, 0) is 0 Å². The molecule has 0 bridgehead atoms. The zero-order valence-corrected chi connectivity index (χ0v) is 13.9. The van der Waals surface area contributed by atoms with Gasteiger partial charge in [0, 0.05) is 0 Å². The minimum atomic E-state index is 0.895. The second-order valence-electron chi connectivity index (χ2n) is 7.22. The molecule has 2 nitrogen and oxygen atoms in total. The fourth-order valence-corrected chi connectivity index (χ4v) is 3.21. The van der Waals surface area contributed by atoms with Gasteiger partial charge in [0.15, 0.2) is 0 Å². The normalized spacial score (nSPS) is 23.5. The van der Waals surface area contributed by atoms with E-state index in [9.17, 15) is 0 Å². The number of rotatable bonds is 2. The standard InChI is InChI=1S/C9H19N.C8H17N/c1-8(2)9-4-6-10(3)7-5-9;1-7(2)8-3-5-9-6-4-8/h8-9H,4-7H2,1-3H3;7-9H,3-6H2,1-2H3. The maximum atomic E-state index is 3.37. The van der Waals surface area contributed by atoms with Gasteiger partial charge in [0.2, 0.25) is 0 Å². The van der Waals surface area contributed by atoms with Crippen molar-refractivity contribution in [1.82, 2.24) is 10.2 Å². The lowest BCUT2D eigenvalue weighted by Crippen LogP contribution is -2.32. The van der Waals surface area contributed by atoms with Crippen molar-refractivity contribution in [3.05, 3.63) is 0 Å². The van der Waals surface area contributed by atoms with Gasteiger partial charge in [0.1, 0.15) is 0 Å². The summed E-state index contributed by atoms with van der Waals surface area (Å²) >= 11 is 0. The minimum absolute atomic E-state index is 0.895. The Morgan fingerprint density at radius 1 is 0.789 bits per heavy atom. The lowest BCUT2D eigenvalue weighted by molar-refractivity contribution is 0.185. The molecular weight excluding hydrogens is 232 g/mol. The van der Waals surface area contributed by atoms with Crippen molar-refractivity contribution >= 4 is 0 Å². The maximum Gasteiger partial charge on any atom is -0.00190 e. The molecule has 19 heavy (non-hydrogen) atoms. The average molecular weight is 268 g/mol. The molecule has 0 amide bonds. The summed E-state index contributed by atoms with van der Waals surface area (Å²) in [5, 5.41) is 3.37. The quantitative estimate of drug-likeness (QED) is 0.823. The zero-order chi connectivity index (χ0) is 14.3. The predicted octanol–water partition coefficient (Wildman–Crippen LogP) is 3.63. The first-order valence-electron chi connectivity index (χ1n) is 8.40. The first-order valence-corrected chi connectivity index (χ1v) is 8.40. The molecule has 0 aromatic carbocycles. The fraction of sp³-hybridized carbons (Fsp3) is 1.00. The third-order valence-corrected chi connectivity index (χ3v) is 5.03. The summed E-state index contributed by atoms with van der Waals surface area (Å²) in [4.78, 5) is 2.43. The smallest absolute Gasteiger partial charge is 0.00190 e. The van der Waals surface area contributed by atoms with E-state index >= 15 is 0 Å². The summed E-state index contributed by atoms with van der Waals surface area (Å²) in [6, 6.07) is 0.